The van der Waals surface area contributed by atoms with Gasteiger partial charge in [-0.3, -0.25) is 9.48 Å². The van der Waals surface area contributed by atoms with Crippen molar-refractivity contribution < 1.29 is 9.18 Å². The fourth-order valence-electron chi connectivity index (χ4n) is 3.22. The monoisotopic (exact) mass is 354 g/mol. The lowest BCUT2D eigenvalue weighted by Gasteiger charge is -2.35. The zero-order valence-corrected chi connectivity index (χ0v) is 14.7. The van der Waals surface area contributed by atoms with Crippen LogP contribution in [0.3, 0.4) is 0 Å². The second-order valence-electron chi connectivity index (χ2n) is 6.46. The molecule has 8 heteroatoms. The smallest absolute Gasteiger partial charge is 0.242 e. The Labute approximate surface area is 150 Å². The van der Waals surface area contributed by atoms with E-state index >= 15 is 0 Å². The topological polar surface area (TPSA) is 67.2 Å². The van der Waals surface area contributed by atoms with Gasteiger partial charge < -0.3 is 9.80 Å². The van der Waals surface area contributed by atoms with Crippen LogP contribution in [0.15, 0.2) is 30.5 Å². The molecule has 0 N–H and O–H groups in total. The third kappa shape index (κ3) is 2.98. The van der Waals surface area contributed by atoms with Crippen molar-refractivity contribution >= 4 is 22.8 Å². The van der Waals surface area contributed by atoms with Crippen LogP contribution >= 0.6 is 0 Å². The maximum Gasteiger partial charge on any atom is 0.242 e. The van der Waals surface area contributed by atoms with Gasteiger partial charge in [0.25, 0.3) is 0 Å². The van der Waals surface area contributed by atoms with Crippen molar-refractivity contribution in [2.75, 3.05) is 24.5 Å². The molecule has 4 rings (SSSR count). The van der Waals surface area contributed by atoms with Crippen LogP contribution in [0.4, 0.5) is 10.2 Å². The molecule has 1 fully saturated rings. The van der Waals surface area contributed by atoms with E-state index < -0.39 is 0 Å². The van der Waals surface area contributed by atoms with Crippen LogP contribution in [0, 0.1) is 12.7 Å². The standard InChI is InChI=1S/C18H19FN6O/c1-12-21-17-15(9-20-23(17)2)18(22-12)25-8-7-24(16(26)11-25)10-13-3-5-14(19)6-4-13/h3-6,9H,7-8,10-11H2,1-2H3. The number of aryl methyl sites for hydroxylation is 2. The van der Waals surface area contributed by atoms with E-state index in [1.165, 1.54) is 12.1 Å². The molecule has 1 aliphatic rings. The second-order valence-corrected chi connectivity index (χ2v) is 6.46. The third-order valence-electron chi connectivity index (χ3n) is 4.59. The number of hydrogen-bond donors (Lipinski definition) is 0. The van der Waals surface area contributed by atoms with Crippen molar-refractivity contribution in [3.8, 4) is 0 Å². The Morgan fingerprint density at radius 2 is 1.92 bits per heavy atom. The number of piperazine rings is 1. The number of hydrogen-bond acceptors (Lipinski definition) is 5. The Balaban J connectivity index is 1.54. The number of carbonyl (C=O) groups is 1. The van der Waals surface area contributed by atoms with E-state index in [-0.39, 0.29) is 18.3 Å². The predicted molar refractivity (Wildman–Crippen MR) is 95.1 cm³/mol. The molecular weight excluding hydrogens is 335 g/mol. The van der Waals surface area contributed by atoms with Crippen molar-refractivity contribution in [3.05, 3.63) is 47.7 Å². The minimum atomic E-state index is -0.274. The Morgan fingerprint density at radius 3 is 2.65 bits per heavy atom. The Morgan fingerprint density at radius 1 is 1.15 bits per heavy atom. The normalized spacial score (nSPS) is 15.1. The quantitative estimate of drug-likeness (QED) is 0.716. The molecule has 7 nitrogen and oxygen atoms in total. The zero-order chi connectivity index (χ0) is 18.3. The van der Waals surface area contributed by atoms with E-state index in [1.807, 2.05) is 18.9 Å². The van der Waals surface area contributed by atoms with Crippen LogP contribution in [-0.4, -0.2) is 50.2 Å². The number of fused-ring (bicyclic) bond motifs is 1. The summed E-state index contributed by atoms with van der Waals surface area (Å²) >= 11 is 0. The lowest BCUT2D eigenvalue weighted by molar-refractivity contribution is -0.131. The van der Waals surface area contributed by atoms with Gasteiger partial charge in [0, 0.05) is 26.7 Å². The molecule has 26 heavy (non-hydrogen) atoms. The summed E-state index contributed by atoms with van der Waals surface area (Å²) in [5, 5.41) is 5.10. The molecule has 0 bridgehead atoms. The van der Waals surface area contributed by atoms with Crippen molar-refractivity contribution in [3.63, 3.8) is 0 Å². The number of benzene rings is 1. The molecule has 0 unspecified atom stereocenters. The molecule has 3 heterocycles. The summed E-state index contributed by atoms with van der Waals surface area (Å²) in [4.78, 5) is 25.4. The average molecular weight is 354 g/mol. The summed E-state index contributed by atoms with van der Waals surface area (Å²) in [6, 6.07) is 6.25. The first-order valence-corrected chi connectivity index (χ1v) is 8.45. The van der Waals surface area contributed by atoms with Gasteiger partial charge in [-0.05, 0) is 24.6 Å². The molecule has 0 atom stereocenters. The van der Waals surface area contributed by atoms with Gasteiger partial charge in [-0.25, -0.2) is 14.4 Å². The van der Waals surface area contributed by atoms with Crippen molar-refractivity contribution in [2.45, 2.75) is 13.5 Å². The van der Waals surface area contributed by atoms with Crippen LogP contribution in [-0.2, 0) is 18.4 Å². The lowest BCUT2D eigenvalue weighted by Crippen LogP contribution is -2.50. The number of halogens is 1. The number of aromatic nitrogens is 4. The van der Waals surface area contributed by atoms with Crippen LogP contribution < -0.4 is 4.90 Å². The average Bonchev–Trinajstić information content (AvgIpc) is 2.99. The first kappa shape index (κ1) is 16.4. The van der Waals surface area contributed by atoms with E-state index in [9.17, 15) is 9.18 Å². The lowest BCUT2D eigenvalue weighted by atomic mass is 10.2. The van der Waals surface area contributed by atoms with Crippen molar-refractivity contribution in [2.24, 2.45) is 7.05 Å². The molecule has 134 valence electrons. The second kappa shape index (κ2) is 6.36. The fraction of sp³-hybridized carbons (Fsp3) is 0.333. The minimum absolute atomic E-state index is 0.0221. The number of rotatable bonds is 3. The van der Waals surface area contributed by atoms with Gasteiger partial charge in [0.1, 0.15) is 17.5 Å². The van der Waals surface area contributed by atoms with Crippen LogP contribution in [0.5, 0.6) is 0 Å². The number of anilines is 1. The fourth-order valence-corrected chi connectivity index (χ4v) is 3.22. The number of nitrogens with zero attached hydrogens (tertiary/aromatic N) is 6. The van der Waals surface area contributed by atoms with Gasteiger partial charge >= 0.3 is 0 Å². The Kier molecular flexibility index (Phi) is 4.02. The first-order chi connectivity index (χ1) is 12.5. The van der Waals surface area contributed by atoms with Gasteiger partial charge in [-0.2, -0.15) is 5.10 Å². The highest BCUT2D eigenvalue weighted by Crippen LogP contribution is 2.25. The van der Waals surface area contributed by atoms with Crippen LogP contribution in [0.1, 0.15) is 11.4 Å². The van der Waals surface area contributed by atoms with Crippen LogP contribution in [0.25, 0.3) is 11.0 Å². The summed E-state index contributed by atoms with van der Waals surface area (Å²) in [6.45, 7) is 3.83. The maximum atomic E-state index is 13.0. The van der Waals surface area contributed by atoms with Crippen molar-refractivity contribution in [1.82, 2.24) is 24.6 Å². The van der Waals surface area contributed by atoms with E-state index in [0.29, 0.717) is 25.5 Å². The summed E-state index contributed by atoms with van der Waals surface area (Å²) in [7, 11) is 1.84. The van der Waals surface area contributed by atoms with Gasteiger partial charge in [0.15, 0.2) is 5.65 Å². The van der Waals surface area contributed by atoms with Gasteiger partial charge in [-0.1, -0.05) is 12.1 Å². The molecule has 0 saturated carbocycles. The molecule has 3 aromatic rings. The number of amides is 1. The SMILES string of the molecule is Cc1nc(N2CCN(Cc3ccc(F)cc3)C(=O)C2)c2cnn(C)c2n1. The Bertz CT molecular complexity index is 968. The highest BCUT2D eigenvalue weighted by atomic mass is 19.1. The van der Waals surface area contributed by atoms with Gasteiger partial charge in [-0.15, -0.1) is 0 Å². The zero-order valence-electron chi connectivity index (χ0n) is 14.7. The Hall–Kier alpha value is -3.03. The number of carbonyl (C=O) groups excluding carboxylic acids is 1. The molecule has 2 aromatic heterocycles. The predicted octanol–water partition coefficient (Wildman–Crippen LogP) is 1.66. The summed E-state index contributed by atoms with van der Waals surface area (Å²) in [5.41, 5.74) is 1.68. The highest BCUT2D eigenvalue weighted by molar-refractivity contribution is 5.90. The highest BCUT2D eigenvalue weighted by Gasteiger charge is 2.27. The minimum Gasteiger partial charge on any atom is -0.345 e. The molecule has 0 radical (unpaired) electrons. The molecule has 1 amide bonds. The van der Waals surface area contributed by atoms with E-state index in [2.05, 4.69) is 15.1 Å². The molecule has 0 spiro atoms. The molecular formula is C18H19FN6O. The van der Waals surface area contributed by atoms with E-state index in [0.717, 1.165) is 22.4 Å². The maximum absolute atomic E-state index is 13.0. The summed E-state index contributed by atoms with van der Waals surface area (Å²) in [6.07, 6.45) is 1.74. The molecule has 1 aromatic carbocycles. The molecule has 1 aliphatic heterocycles. The largest absolute Gasteiger partial charge is 0.345 e. The summed E-state index contributed by atoms with van der Waals surface area (Å²) < 4.78 is 14.7. The van der Waals surface area contributed by atoms with Crippen LogP contribution in [0.2, 0.25) is 0 Å². The van der Waals surface area contributed by atoms with E-state index in [1.54, 1.807) is 27.9 Å². The molecule has 1 saturated heterocycles. The van der Waals surface area contributed by atoms with Gasteiger partial charge in [0.2, 0.25) is 5.91 Å². The van der Waals surface area contributed by atoms with E-state index in [4.69, 9.17) is 0 Å². The first-order valence-electron chi connectivity index (χ1n) is 8.45. The van der Waals surface area contributed by atoms with Gasteiger partial charge in [0.05, 0.1) is 18.1 Å². The summed E-state index contributed by atoms with van der Waals surface area (Å²) in [5.74, 6) is 1.14. The third-order valence-corrected chi connectivity index (χ3v) is 4.59. The van der Waals surface area contributed by atoms with Crippen molar-refractivity contribution in [1.29, 1.82) is 0 Å². The molecule has 0 aliphatic carbocycles.